The fourth-order valence-corrected chi connectivity index (χ4v) is 2.41. The first-order valence-electron chi connectivity index (χ1n) is 7.33. The summed E-state index contributed by atoms with van der Waals surface area (Å²) < 4.78 is 0.923. The number of benzene rings is 2. The topological polar surface area (TPSA) is 58.1 Å². The number of carbonyl (C=O) groups excluding carboxylic acids is 1. The summed E-state index contributed by atoms with van der Waals surface area (Å²) >= 11 is 3.34. The van der Waals surface area contributed by atoms with Gasteiger partial charge in [0.15, 0.2) is 11.6 Å². The zero-order chi connectivity index (χ0) is 16.9. The van der Waals surface area contributed by atoms with E-state index in [1.54, 1.807) is 18.2 Å². The number of halogens is 1. The molecule has 1 heterocycles. The Morgan fingerprint density at radius 2 is 1.67 bits per heavy atom. The summed E-state index contributed by atoms with van der Waals surface area (Å²) in [4.78, 5) is 14.1. The number of rotatable bonds is 4. The highest BCUT2D eigenvalue weighted by Crippen LogP contribution is 2.21. The maximum absolute atomic E-state index is 12.2. The molecule has 0 radical (unpaired) electrons. The highest BCUT2D eigenvalue weighted by atomic mass is 79.9. The van der Waals surface area contributed by atoms with Crippen molar-refractivity contribution in [1.82, 2.24) is 10.2 Å². The lowest BCUT2D eigenvalue weighted by molar-refractivity contribution is 0.102. The molecule has 0 bridgehead atoms. The molecule has 3 aromatic rings. The van der Waals surface area contributed by atoms with Crippen LogP contribution in [0.25, 0.3) is 0 Å². The van der Waals surface area contributed by atoms with E-state index in [9.17, 15) is 4.79 Å². The molecule has 2 aromatic carbocycles. The highest BCUT2D eigenvalue weighted by molar-refractivity contribution is 9.10. The molecule has 0 saturated heterocycles. The van der Waals surface area contributed by atoms with E-state index in [1.807, 2.05) is 60.5 Å². The van der Waals surface area contributed by atoms with Crippen LogP contribution in [0.5, 0.6) is 0 Å². The molecule has 1 amide bonds. The second-order valence-electron chi connectivity index (χ2n) is 5.13. The highest BCUT2D eigenvalue weighted by Gasteiger charge is 2.09. The molecule has 0 saturated carbocycles. The van der Waals surface area contributed by atoms with Crippen molar-refractivity contribution in [3.63, 3.8) is 0 Å². The monoisotopic (exact) mass is 382 g/mol. The number of amides is 1. The van der Waals surface area contributed by atoms with E-state index < -0.39 is 0 Å². The summed E-state index contributed by atoms with van der Waals surface area (Å²) in [6.45, 7) is 0. The maximum atomic E-state index is 12.2. The third kappa shape index (κ3) is 3.78. The molecule has 1 N–H and O–H groups in total. The van der Waals surface area contributed by atoms with Gasteiger partial charge in [0.25, 0.3) is 5.91 Å². The predicted molar refractivity (Wildman–Crippen MR) is 98.6 cm³/mol. The van der Waals surface area contributed by atoms with Crippen molar-refractivity contribution in [2.45, 2.75) is 0 Å². The number of nitrogens with one attached hydrogen (secondary N) is 1. The molecule has 120 valence electrons. The summed E-state index contributed by atoms with van der Waals surface area (Å²) in [5.41, 5.74) is 1.57. The molecule has 24 heavy (non-hydrogen) atoms. The number of hydrogen-bond acceptors (Lipinski definition) is 4. The summed E-state index contributed by atoms with van der Waals surface area (Å²) in [7, 11) is 1.92. The van der Waals surface area contributed by atoms with Crippen LogP contribution in [0.4, 0.5) is 17.3 Å². The zero-order valence-electron chi connectivity index (χ0n) is 13.0. The molecular weight excluding hydrogens is 368 g/mol. The number of para-hydroxylation sites is 1. The Labute approximate surface area is 148 Å². The van der Waals surface area contributed by atoms with Gasteiger partial charge >= 0.3 is 0 Å². The Morgan fingerprint density at radius 1 is 0.958 bits per heavy atom. The van der Waals surface area contributed by atoms with Crippen LogP contribution in [0, 0.1) is 0 Å². The van der Waals surface area contributed by atoms with Crippen LogP contribution < -0.4 is 10.2 Å². The molecule has 3 rings (SSSR count). The van der Waals surface area contributed by atoms with Crippen molar-refractivity contribution >= 4 is 39.2 Å². The van der Waals surface area contributed by atoms with E-state index >= 15 is 0 Å². The van der Waals surface area contributed by atoms with Crippen molar-refractivity contribution in [3.8, 4) is 0 Å². The molecule has 5 nitrogen and oxygen atoms in total. The first-order chi connectivity index (χ1) is 11.6. The minimum absolute atomic E-state index is 0.221. The van der Waals surface area contributed by atoms with Gasteiger partial charge in [-0.05, 0) is 48.5 Å². The van der Waals surface area contributed by atoms with Crippen LogP contribution in [0.3, 0.4) is 0 Å². The first kappa shape index (κ1) is 16.1. The Hall–Kier alpha value is -2.73. The molecule has 1 aromatic heterocycles. The van der Waals surface area contributed by atoms with Crippen molar-refractivity contribution in [3.05, 3.63) is 76.8 Å². The van der Waals surface area contributed by atoms with Crippen LogP contribution in [-0.4, -0.2) is 23.2 Å². The van der Waals surface area contributed by atoms with Crippen molar-refractivity contribution in [2.24, 2.45) is 0 Å². The Morgan fingerprint density at radius 3 is 2.29 bits per heavy atom. The number of nitrogens with zero attached hydrogens (tertiary/aromatic N) is 3. The van der Waals surface area contributed by atoms with Crippen LogP contribution in [0.1, 0.15) is 10.4 Å². The van der Waals surface area contributed by atoms with Gasteiger partial charge in [-0.15, -0.1) is 10.2 Å². The summed E-state index contributed by atoms with van der Waals surface area (Å²) in [6, 6.07) is 20.5. The molecule has 6 heteroatoms. The lowest BCUT2D eigenvalue weighted by Crippen LogP contribution is -2.15. The molecule has 0 aliphatic heterocycles. The average molecular weight is 383 g/mol. The number of hydrogen-bond donors (Lipinski definition) is 1. The molecule has 0 aliphatic rings. The van der Waals surface area contributed by atoms with E-state index in [1.165, 1.54) is 0 Å². The SMILES string of the molecule is CN(c1ccccc1)c1ccc(NC(=O)c2ccc(Br)cc2)nn1. The van der Waals surface area contributed by atoms with Crippen LogP contribution in [0.15, 0.2) is 71.2 Å². The number of anilines is 3. The third-order valence-electron chi connectivity index (χ3n) is 3.49. The fourth-order valence-electron chi connectivity index (χ4n) is 2.14. The van der Waals surface area contributed by atoms with Crippen molar-refractivity contribution < 1.29 is 4.79 Å². The smallest absolute Gasteiger partial charge is 0.256 e. The summed E-state index contributed by atoms with van der Waals surface area (Å²) in [6.07, 6.45) is 0. The molecule has 0 aliphatic carbocycles. The largest absolute Gasteiger partial charge is 0.328 e. The van der Waals surface area contributed by atoms with Crippen molar-refractivity contribution in [1.29, 1.82) is 0 Å². The standard InChI is InChI=1S/C18H15BrN4O/c1-23(15-5-3-2-4-6-15)17-12-11-16(21-22-17)20-18(24)13-7-9-14(19)10-8-13/h2-12H,1H3,(H,20,21,24). The average Bonchev–Trinajstić information content (AvgIpc) is 2.63. The Balaban J connectivity index is 1.70. The van der Waals surface area contributed by atoms with Gasteiger partial charge in [0.05, 0.1) is 0 Å². The van der Waals surface area contributed by atoms with Gasteiger partial charge in [-0.2, -0.15) is 0 Å². The minimum Gasteiger partial charge on any atom is -0.328 e. The van der Waals surface area contributed by atoms with E-state index in [2.05, 4.69) is 31.4 Å². The van der Waals surface area contributed by atoms with E-state index in [0.29, 0.717) is 17.2 Å². The lowest BCUT2D eigenvalue weighted by atomic mass is 10.2. The Kier molecular flexibility index (Phi) is 4.86. The third-order valence-corrected chi connectivity index (χ3v) is 4.01. The molecule has 0 unspecified atom stereocenters. The molecular formula is C18H15BrN4O. The van der Waals surface area contributed by atoms with E-state index in [0.717, 1.165) is 10.2 Å². The second-order valence-corrected chi connectivity index (χ2v) is 6.05. The fraction of sp³-hybridized carbons (Fsp3) is 0.0556. The molecule has 0 spiro atoms. The predicted octanol–water partition coefficient (Wildman–Crippen LogP) is 4.26. The number of aromatic nitrogens is 2. The van der Waals surface area contributed by atoms with Gasteiger partial charge in [0.1, 0.15) is 0 Å². The normalized spacial score (nSPS) is 10.2. The van der Waals surface area contributed by atoms with Gasteiger partial charge in [-0.3, -0.25) is 4.79 Å². The Bertz CT molecular complexity index is 820. The van der Waals surface area contributed by atoms with Gasteiger partial charge in [0, 0.05) is 22.8 Å². The zero-order valence-corrected chi connectivity index (χ0v) is 14.6. The summed E-state index contributed by atoms with van der Waals surface area (Å²) in [5, 5.41) is 11.0. The van der Waals surface area contributed by atoms with Crippen molar-refractivity contribution in [2.75, 3.05) is 17.3 Å². The quantitative estimate of drug-likeness (QED) is 0.732. The molecule has 0 atom stereocenters. The lowest BCUT2D eigenvalue weighted by Gasteiger charge is -2.17. The number of carbonyl (C=O) groups is 1. The van der Waals surface area contributed by atoms with Gasteiger partial charge in [-0.1, -0.05) is 34.1 Å². The minimum atomic E-state index is -0.221. The summed E-state index contributed by atoms with van der Waals surface area (Å²) in [5.74, 6) is 0.886. The maximum Gasteiger partial charge on any atom is 0.256 e. The van der Waals surface area contributed by atoms with E-state index in [4.69, 9.17) is 0 Å². The van der Waals surface area contributed by atoms with Crippen LogP contribution >= 0.6 is 15.9 Å². The van der Waals surface area contributed by atoms with Gasteiger partial charge in [-0.25, -0.2) is 0 Å². The van der Waals surface area contributed by atoms with E-state index in [-0.39, 0.29) is 5.91 Å². The second kappa shape index (κ2) is 7.23. The molecule has 0 fully saturated rings. The van der Waals surface area contributed by atoms with Gasteiger partial charge in [0.2, 0.25) is 0 Å². The first-order valence-corrected chi connectivity index (χ1v) is 8.12. The van der Waals surface area contributed by atoms with Crippen LogP contribution in [0.2, 0.25) is 0 Å². The van der Waals surface area contributed by atoms with Gasteiger partial charge < -0.3 is 10.2 Å². The van der Waals surface area contributed by atoms with Crippen LogP contribution in [-0.2, 0) is 0 Å².